The molecule has 2 nitrogen and oxygen atoms in total. The van der Waals surface area contributed by atoms with E-state index in [1.54, 1.807) is 11.1 Å². The minimum absolute atomic E-state index is 0.345. The van der Waals surface area contributed by atoms with Crippen LogP contribution in [0.25, 0.3) is 0 Å². The zero-order valence-corrected chi connectivity index (χ0v) is 13.2. The molecule has 0 saturated carbocycles. The minimum atomic E-state index is 0.345. The molecule has 1 N–H and O–H groups in total. The second-order valence-corrected chi connectivity index (χ2v) is 6.97. The van der Waals surface area contributed by atoms with Crippen LogP contribution in [0.3, 0.4) is 0 Å². The van der Waals surface area contributed by atoms with Gasteiger partial charge in [-0.25, -0.2) is 0 Å². The molecule has 2 aliphatic rings. The van der Waals surface area contributed by atoms with E-state index in [9.17, 15) is 0 Å². The molecule has 110 valence electrons. The number of benzene rings is 1. The SMILES string of the molecule is CNC1(C)CCN(C2CCC(C)c3ccccc32)CC1. The Bertz CT molecular complexity index is 460. The molecular weight excluding hydrogens is 244 g/mol. The van der Waals surface area contributed by atoms with Crippen molar-refractivity contribution in [2.45, 2.75) is 57.0 Å². The first-order valence-electron chi connectivity index (χ1n) is 8.15. The molecule has 0 amide bonds. The van der Waals surface area contributed by atoms with Crippen LogP contribution in [0.1, 0.15) is 62.6 Å². The van der Waals surface area contributed by atoms with Crippen LogP contribution in [0.5, 0.6) is 0 Å². The van der Waals surface area contributed by atoms with Crippen molar-refractivity contribution < 1.29 is 0 Å². The molecular formula is C18H28N2. The molecule has 1 aliphatic carbocycles. The number of likely N-dealkylation sites (tertiary alicyclic amines) is 1. The molecule has 20 heavy (non-hydrogen) atoms. The Morgan fingerprint density at radius 1 is 1.10 bits per heavy atom. The van der Waals surface area contributed by atoms with Gasteiger partial charge in [-0.2, -0.15) is 0 Å². The number of nitrogens with one attached hydrogen (secondary N) is 1. The molecule has 1 saturated heterocycles. The average molecular weight is 272 g/mol. The molecule has 2 heteroatoms. The molecule has 2 atom stereocenters. The first-order chi connectivity index (χ1) is 9.63. The summed E-state index contributed by atoms with van der Waals surface area (Å²) in [5.74, 6) is 0.731. The van der Waals surface area contributed by atoms with Gasteiger partial charge in [0.05, 0.1) is 0 Å². The second-order valence-electron chi connectivity index (χ2n) is 6.97. The fraction of sp³-hybridized carbons (Fsp3) is 0.667. The molecule has 1 aromatic carbocycles. The van der Waals surface area contributed by atoms with Crippen molar-refractivity contribution in [3.63, 3.8) is 0 Å². The van der Waals surface area contributed by atoms with Gasteiger partial charge in [-0.1, -0.05) is 31.2 Å². The number of nitrogens with zero attached hydrogens (tertiary/aromatic N) is 1. The quantitative estimate of drug-likeness (QED) is 0.883. The lowest BCUT2D eigenvalue weighted by Gasteiger charge is -2.45. The van der Waals surface area contributed by atoms with Crippen molar-refractivity contribution in [2.24, 2.45) is 0 Å². The number of hydrogen-bond acceptors (Lipinski definition) is 2. The van der Waals surface area contributed by atoms with E-state index < -0.39 is 0 Å². The van der Waals surface area contributed by atoms with E-state index in [1.807, 2.05) is 0 Å². The van der Waals surface area contributed by atoms with Crippen molar-refractivity contribution in [1.29, 1.82) is 0 Å². The maximum absolute atomic E-state index is 3.50. The third-order valence-electron chi connectivity index (χ3n) is 5.70. The van der Waals surface area contributed by atoms with E-state index in [1.165, 1.54) is 38.8 Å². The van der Waals surface area contributed by atoms with Gasteiger partial charge in [0, 0.05) is 24.7 Å². The Morgan fingerprint density at radius 3 is 2.40 bits per heavy atom. The summed E-state index contributed by atoms with van der Waals surface area (Å²) in [5, 5.41) is 3.50. The van der Waals surface area contributed by atoms with Crippen LogP contribution in [0.4, 0.5) is 0 Å². The fourth-order valence-electron chi connectivity index (χ4n) is 3.94. The Hall–Kier alpha value is -0.860. The van der Waals surface area contributed by atoms with Crippen LogP contribution in [-0.4, -0.2) is 30.6 Å². The molecule has 3 rings (SSSR count). The van der Waals surface area contributed by atoms with E-state index in [4.69, 9.17) is 0 Å². The maximum Gasteiger partial charge on any atom is 0.0351 e. The normalized spacial score (nSPS) is 29.9. The van der Waals surface area contributed by atoms with E-state index in [0.29, 0.717) is 11.6 Å². The molecule has 1 heterocycles. The van der Waals surface area contributed by atoms with Crippen molar-refractivity contribution in [3.05, 3.63) is 35.4 Å². The van der Waals surface area contributed by atoms with E-state index >= 15 is 0 Å². The van der Waals surface area contributed by atoms with E-state index in [0.717, 1.165) is 5.92 Å². The number of piperidine rings is 1. The molecule has 1 fully saturated rings. The van der Waals surface area contributed by atoms with Gasteiger partial charge >= 0.3 is 0 Å². The van der Waals surface area contributed by atoms with Crippen LogP contribution in [0.2, 0.25) is 0 Å². The highest BCUT2D eigenvalue weighted by molar-refractivity contribution is 5.35. The minimum Gasteiger partial charge on any atom is -0.314 e. The van der Waals surface area contributed by atoms with Crippen molar-refractivity contribution in [2.75, 3.05) is 20.1 Å². The summed E-state index contributed by atoms with van der Waals surface area (Å²) in [4.78, 5) is 2.73. The molecule has 1 aromatic rings. The largest absolute Gasteiger partial charge is 0.314 e. The van der Waals surface area contributed by atoms with Gasteiger partial charge in [0.2, 0.25) is 0 Å². The Balaban J connectivity index is 1.78. The molecule has 1 aliphatic heterocycles. The van der Waals surface area contributed by atoms with Gasteiger partial charge in [-0.05, 0) is 56.7 Å². The standard InChI is InChI=1S/C18H28N2/c1-14-8-9-17(16-7-5-4-6-15(14)16)20-12-10-18(2,19-3)11-13-20/h4-7,14,17,19H,8-13H2,1-3H3. The third-order valence-corrected chi connectivity index (χ3v) is 5.70. The zero-order valence-electron chi connectivity index (χ0n) is 13.2. The number of fused-ring (bicyclic) bond motifs is 1. The number of rotatable bonds is 2. The summed E-state index contributed by atoms with van der Waals surface area (Å²) in [5.41, 5.74) is 3.53. The van der Waals surface area contributed by atoms with Gasteiger partial charge in [0.1, 0.15) is 0 Å². The molecule has 2 unspecified atom stereocenters. The summed E-state index contributed by atoms with van der Waals surface area (Å²) in [7, 11) is 2.10. The van der Waals surface area contributed by atoms with Crippen LogP contribution >= 0.6 is 0 Å². The lowest BCUT2D eigenvalue weighted by atomic mass is 9.79. The van der Waals surface area contributed by atoms with Crippen molar-refractivity contribution in [1.82, 2.24) is 10.2 Å². The predicted molar refractivity (Wildman–Crippen MR) is 85.1 cm³/mol. The van der Waals surface area contributed by atoms with Crippen molar-refractivity contribution >= 4 is 0 Å². The molecule has 0 bridgehead atoms. The van der Waals surface area contributed by atoms with Gasteiger partial charge in [-0.3, -0.25) is 4.90 Å². The lowest BCUT2D eigenvalue weighted by molar-refractivity contribution is 0.0988. The van der Waals surface area contributed by atoms with Crippen LogP contribution in [0.15, 0.2) is 24.3 Å². The maximum atomic E-state index is 3.50. The lowest BCUT2D eigenvalue weighted by Crippen LogP contribution is -2.51. The van der Waals surface area contributed by atoms with E-state index in [2.05, 4.69) is 55.4 Å². The monoisotopic (exact) mass is 272 g/mol. The summed E-state index contributed by atoms with van der Waals surface area (Å²) in [6.07, 6.45) is 5.19. The smallest absolute Gasteiger partial charge is 0.0351 e. The van der Waals surface area contributed by atoms with Crippen molar-refractivity contribution in [3.8, 4) is 0 Å². The van der Waals surface area contributed by atoms with Gasteiger partial charge in [0.25, 0.3) is 0 Å². The summed E-state index contributed by atoms with van der Waals surface area (Å²) >= 11 is 0. The second kappa shape index (κ2) is 5.50. The van der Waals surface area contributed by atoms with Gasteiger partial charge in [0.15, 0.2) is 0 Å². The highest BCUT2D eigenvalue weighted by atomic mass is 15.2. The Morgan fingerprint density at radius 2 is 1.75 bits per heavy atom. The summed E-state index contributed by atoms with van der Waals surface area (Å²) in [6, 6.07) is 9.77. The highest BCUT2D eigenvalue weighted by Crippen LogP contribution is 2.41. The molecule has 0 aromatic heterocycles. The fourth-order valence-corrected chi connectivity index (χ4v) is 3.94. The topological polar surface area (TPSA) is 15.3 Å². The third kappa shape index (κ3) is 2.51. The number of hydrogen-bond donors (Lipinski definition) is 1. The zero-order chi connectivity index (χ0) is 14.2. The first-order valence-corrected chi connectivity index (χ1v) is 8.15. The molecule has 0 spiro atoms. The Kier molecular flexibility index (Phi) is 3.87. The Labute approximate surface area is 123 Å². The summed E-state index contributed by atoms with van der Waals surface area (Å²) in [6.45, 7) is 7.19. The van der Waals surface area contributed by atoms with Gasteiger partial charge < -0.3 is 5.32 Å². The molecule has 0 radical (unpaired) electrons. The van der Waals surface area contributed by atoms with Crippen LogP contribution < -0.4 is 5.32 Å². The van der Waals surface area contributed by atoms with E-state index in [-0.39, 0.29) is 0 Å². The van der Waals surface area contributed by atoms with Gasteiger partial charge in [-0.15, -0.1) is 0 Å². The summed E-state index contributed by atoms with van der Waals surface area (Å²) < 4.78 is 0. The highest BCUT2D eigenvalue weighted by Gasteiger charge is 2.34. The predicted octanol–water partition coefficient (Wildman–Crippen LogP) is 3.70. The van der Waals surface area contributed by atoms with Crippen LogP contribution in [0, 0.1) is 0 Å². The average Bonchev–Trinajstić information content (AvgIpc) is 2.49. The first kappa shape index (κ1) is 14.1. The van der Waals surface area contributed by atoms with Crippen LogP contribution in [-0.2, 0) is 0 Å².